The predicted octanol–water partition coefficient (Wildman–Crippen LogP) is 1.02. The van der Waals surface area contributed by atoms with E-state index in [2.05, 4.69) is 10.4 Å². The van der Waals surface area contributed by atoms with Crippen molar-refractivity contribution in [3.05, 3.63) is 39.8 Å². The second kappa shape index (κ2) is 7.19. The van der Waals surface area contributed by atoms with Crippen LogP contribution in [0.25, 0.3) is 5.69 Å². The van der Waals surface area contributed by atoms with Crippen molar-refractivity contribution in [1.82, 2.24) is 24.7 Å². The normalized spacial score (nSPS) is 10.7. The highest BCUT2D eigenvalue weighted by Gasteiger charge is 2.18. The Morgan fingerprint density at radius 1 is 1.32 bits per heavy atom. The van der Waals surface area contributed by atoms with Crippen LogP contribution in [-0.4, -0.2) is 57.5 Å². The molecule has 0 aliphatic rings. The van der Waals surface area contributed by atoms with Crippen LogP contribution >= 0.6 is 11.6 Å². The van der Waals surface area contributed by atoms with E-state index in [1.165, 1.54) is 4.90 Å². The molecule has 1 aromatic heterocycles. The molecule has 0 spiro atoms. The lowest BCUT2D eigenvalue weighted by Crippen LogP contribution is -2.40. The highest BCUT2D eigenvalue weighted by Crippen LogP contribution is 2.10. The smallest absolute Gasteiger partial charge is 0.377 e. The van der Waals surface area contributed by atoms with Crippen LogP contribution in [0.5, 0.6) is 0 Å². The first-order valence-electron chi connectivity index (χ1n) is 6.68. The van der Waals surface area contributed by atoms with Crippen molar-refractivity contribution in [1.29, 1.82) is 0 Å². The summed E-state index contributed by atoms with van der Waals surface area (Å²) in [5, 5.41) is 7.86. The number of ether oxygens (including phenoxy) is 1. The lowest BCUT2D eigenvalue weighted by Gasteiger charge is -2.14. The van der Waals surface area contributed by atoms with E-state index in [1.54, 1.807) is 31.3 Å². The zero-order chi connectivity index (χ0) is 16.1. The van der Waals surface area contributed by atoms with Crippen molar-refractivity contribution in [2.75, 3.05) is 26.8 Å². The van der Waals surface area contributed by atoms with Gasteiger partial charge in [-0.3, -0.25) is 0 Å². The number of amides is 1. The summed E-state index contributed by atoms with van der Waals surface area (Å²) in [5.41, 5.74) is -0.166. The molecular weight excluding hydrogens is 310 g/mol. The third-order valence-corrected chi connectivity index (χ3v) is 3.19. The molecule has 22 heavy (non-hydrogen) atoms. The first kappa shape index (κ1) is 16.2. The van der Waals surface area contributed by atoms with Gasteiger partial charge in [-0.15, -0.1) is 4.68 Å². The number of carbonyl (C=O) groups excluding carboxylic acids is 1. The number of benzene rings is 1. The Kier molecular flexibility index (Phi) is 5.29. The highest BCUT2D eigenvalue weighted by molar-refractivity contribution is 6.30. The summed E-state index contributed by atoms with van der Waals surface area (Å²) in [7, 11) is 1.56. The molecule has 9 heteroatoms. The standard InChI is InChI=1S/C13H16ClN5O3/c1-3-22-9-8-17(2)12(20)19-13(21)18(15-16-19)11-6-4-10(14)5-7-11/h4-7H,3,8-9H2,1-2H3. The number of hydrogen-bond donors (Lipinski definition) is 0. The number of tetrazole rings is 1. The van der Waals surface area contributed by atoms with Crippen molar-refractivity contribution < 1.29 is 9.53 Å². The van der Waals surface area contributed by atoms with Crippen LogP contribution in [0, 0.1) is 0 Å². The minimum absolute atomic E-state index is 0.354. The van der Waals surface area contributed by atoms with Gasteiger partial charge in [-0.1, -0.05) is 11.6 Å². The molecule has 0 unspecified atom stereocenters. The molecule has 0 aliphatic heterocycles. The molecule has 8 nitrogen and oxygen atoms in total. The van der Waals surface area contributed by atoms with Crippen LogP contribution in [0.4, 0.5) is 4.79 Å². The molecule has 2 aromatic rings. The largest absolute Gasteiger partial charge is 0.380 e. The van der Waals surface area contributed by atoms with E-state index >= 15 is 0 Å². The maximum atomic E-state index is 12.2. The van der Waals surface area contributed by atoms with E-state index in [0.29, 0.717) is 35.2 Å². The number of carbonyl (C=O) groups is 1. The molecule has 0 bridgehead atoms. The molecule has 0 saturated heterocycles. The van der Waals surface area contributed by atoms with Crippen LogP contribution in [0.2, 0.25) is 5.02 Å². The zero-order valence-electron chi connectivity index (χ0n) is 12.3. The summed E-state index contributed by atoms with van der Waals surface area (Å²) in [4.78, 5) is 25.7. The molecule has 2 rings (SSSR count). The molecule has 1 amide bonds. The molecule has 0 atom stereocenters. The molecule has 0 fully saturated rings. The van der Waals surface area contributed by atoms with Crippen LogP contribution in [0.1, 0.15) is 6.92 Å². The molecule has 0 aliphatic carbocycles. The maximum Gasteiger partial charge on any atom is 0.377 e. The highest BCUT2D eigenvalue weighted by atomic mass is 35.5. The Balaban J connectivity index is 2.18. The molecule has 118 valence electrons. The number of hydrogen-bond acceptors (Lipinski definition) is 5. The number of likely N-dealkylation sites (N-methyl/N-ethyl adjacent to an activating group) is 1. The molecule has 0 saturated carbocycles. The van der Waals surface area contributed by atoms with E-state index in [9.17, 15) is 9.59 Å². The lowest BCUT2D eigenvalue weighted by atomic mass is 10.3. The Hall–Kier alpha value is -2.19. The summed E-state index contributed by atoms with van der Waals surface area (Å²) < 4.78 is 6.91. The van der Waals surface area contributed by atoms with E-state index in [-0.39, 0.29) is 0 Å². The first-order chi connectivity index (χ1) is 10.5. The third kappa shape index (κ3) is 3.52. The minimum Gasteiger partial charge on any atom is -0.380 e. The Labute approximate surface area is 131 Å². The van der Waals surface area contributed by atoms with Gasteiger partial charge in [-0.2, -0.15) is 4.68 Å². The summed E-state index contributed by atoms with van der Waals surface area (Å²) in [6.45, 7) is 3.17. The number of aromatic nitrogens is 4. The summed E-state index contributed by atoms with van der Waals surface area (Å²) in [6, 6.07) is 5.92. The fourth-order valence-corrected chi connectivity index (χ4v) is 1.84. The van der Waals surface area contributed by atoms with Gasteiger partial charge in [0.15, 0.2) is 0 Å². The summed E-state index contributed by atoms with van der Waals surface area (Å²) in [6.07, 6.45) is 0. The zero-order valence-corrected chi connectivity index (χ0v) is 13.0. The van der Waals surface area contributed by atoms with Gasteiger partial charge >= 0.3 is 11.7 Å². The van der Waals surface area contributed by atoms with Gasteiger partial charge in [0.1, 0.15) is 0 Å². The van der Waals surface area contributed by atoms with Gasteiger partial charge in [0.2, 0.25) is 0 Å². The Morgan fingerprint density at radius 3 is 2.64 bits per heavy atom. The lowest BCUT2D eigenvalue weighted by molar-refractivity contribution is 0.125. The van der Waals surface area contributed by atoms with Crippen LogP contribution in [0.15, 0.2) is 29.1 Å². The monoisotopic (exact) mass is 325 g/mol. The average Bonchev–Trinajstić information content (AvgIpc) is 2.89. The summed E-state index contributed by atoms with van der Waals surface area (Å²) >= 11 is 5.80. The average molecular weight is 326 g/mol. The first-order valence-corrected chi connectivity index (χ1v) is 7.06. The molecule has 0 radical (unpaired) electrons. The quantitative estimate of drug-likeness (QED) is 0.605. The maximum absolute atomic E-state index is 12.2. The SMILES string of the molecule is CCOCCN(C)C(=O)n1nnn(-c2ccc(Cl)cc2)c1=O. The molecule has 1 heterocycles. The predicted molar refractivity (Wildman–Crippen MR) is 80.5 cm³/mol. The van der Waals surface area contributed by atoms with Gasteiger partial charge in [0, 0.05) is 25.2 Å². The topological polar surface area (TPSA) is 82.2 Å². The Morgan fingerprint density at radius 2 is 2.00 bits per heavy atom. The van der Waals surface area contributed by atoms with Gasteiger partial charge in [0.25, 0.3) is 0 Å². The van der Waals surface area contributed by atoms with Gasteiger partial charge in [0.05, 0.1) is 12.3 Å². The fraction of sp³-hybridized carbons (Fsp3) is 0.385. The van der Waals surface area contributed by atoms with Gasteiger partial charge < -0.3 is 9.64 Å². The van der Waals surface area contributed by atoms with E-state index < -0.39 is 11.7 Å². The Bertz CT molecular complexity index is 694. The minimum atomic E-state index is -0.643. The van der Waals surface area contributed by atoms with Gasteiger partial charge in [-0.05, 0) is 41.6 Å². The number of rotatable bonds is 5. The molecule has 1 aromatic carbocycles. The number of halogens is 1. The number of nitrogens with zero attached hydrogens (tertiary/aromatic N) is 5. The van der Waals surface area contributed by atoms with Gasteiger partial charge in [-0.25, -0.2) is 9.59 Å². The summed E-state index contributed by atoms with van der Waals surface area (Å²) in [5.74, 6) is 0. The van der Waals surface area contributed by atoms with Crippen molar-refractivity contribution in [3.63, 3.8) is 0 Å². The van der Waals surface area contributed by atoms with E-state index in [4.69, 9.17) is 16.3 Å². The van der Waals surface area contributed by atoms with E-state index in [0.717, 1.165) is 4.68 Å². The second-order valence-corrected chi connectivity index (χ2v) is 4.90. The van der Waals surface area contributed by atoms with Crippen LogP contribution < -0.4 is 5.69 Å². The van der Waals surface area contributed by atoms with Crippen molar-refractivity contribution in [2.45, 2.75) is 6.92 Å². The van der Waals surface area contributed by atoms with Crippen molar-refractivity contribution >= 4 is 17.6 Å². The van der Waals surface area contributed by atoms with Crippen LogP contribution in [-0.2, 0) is 4.74 Å². The molecule has 0 N–H and O–H groups in total. The van der Waals surface area contributed by atoms with E-state index in [1.807, 2.05) is 6.92 Å². The fourth-order valence-electron chi connectivity index (χ4n) is 1.71. The second-order valence-electron chi connectivity index (χ2n) is 4.46. The van der Waals surface area contributed by atoms with Crippen LogP contribution in [0.3, 0.4) is 0 Å². The van der Waals surface area contributed by atoms with Crippen molar-refractivity contribution in [2.24, 2.45) is 0 Å². The third-order valence-electron chi connectivity index (χ3n) is 2.94. The molecular formula is C13H16ClN5O3. The van der Waals surface area contributed by atoms with Crippen molar-refractivity contribution in [3.8, 4) is 5.69 Å².